The first kappa shape index (κ1) is 16.1. The molecule has 0 N–H and O–H groups in total. The normalized spacial score (nSPS) is 11.5. The van der Waals surface area contributed by atoms with Crippen LogP contribution in [0.4, 0.5) is 0 Å². The Kier molecular flexibility index (Phi) is 4.46. The van der Waals surface area contributed by atoms with Gasteiger partial charge in [-0.2, -0.15) is 0 Å². The van der Waals surface area contributed by atoms with Crippen molar-refractivity contribution in [1.82, 2.24) is 0 Å². The Hall–Kier alpha value is -1.78. The number of hydrogen-bond donors (Lipinski definition) is 0. The molecule has 0 saturated heterocycles. The molecule has 0 aliphatic heterocycles. The molecule has 0 nitrogen and oxygen atoms in total. The van der Waals surface area contributed by atoms with Gasteiger partial charge in [0.15, 0.2) is 0 Å². The minimum atomic E-state index is -2.37. The van der Waals surface area contributed by atoms with Crippen molar-refractivity contribution in [2.75, 3.05) is 0 Å². The van der Waals surface area contributed by atoms with Gasteiger partial charge < -0.3 is 0 Å². The van der Waals surface area contributed by atoms with Crippen molar-refractivity contribution in [3.8, 4) is 0 Å². The summed E-state index contributed by atoms with van der Waals surface area (Å²) in [6.07, 6.45) is 0. The monoisotopic (exact) mass is 363 g/mol. The van der Waals surface area contributed by atoms with Crippen molar-refractivity contribution in [2.24, 2.45) is 0 Å². The second-order valence-corrected chi connectivity index (χ2v) is 14.0. The molecule has 1 heteroatoms. The summed E-state index contributed by atoms with van der Waals surface area (Å²) >= 11 is -2.37. The maximum absolute atomic E-state index is 2.50. The molecule has 0 aliphatic carbocycles. The molecular weight excluding hydrogens is 339 g/mol. The Balaban J connectivity index is 2.21. The van der Waals surface area contributed by atoms with Crippen molar-refractivity contribution in [3.05, 3.63) is 89.5 Å². The van der Waals surface area contributed by atoms with Gasteiger partial charge in [-0.15, -0.1) is 0 Å². The van der Waals surface area contributed by atoms with Gasteiger partial charge in [-0.05, 0) is 0 Å². The minimum absolute atomic E-state index is 1.32. The van der Waals surface area contributed by atoms with E-state index in [0.29, 0.717) is 0 Å². The zero-order valence-electron chi connectivity index (χ0n) is 14.4. The van der Waals surface area contributed by atoms with Crippen LogP contribution in [0.3, 0.4) is 0 Å². The van der Waals surface area contributed by atoms with Crippen LogP contribution in [0.1, 0.15) is 16.7 Å². The first-order valence-electron chi connectivity index (χ1n) is 8.08. The van der Waals surface area contributed by atoms with E-state index in [2.05, 4.69) is 99.3 Å². The van der Waals surface area contributed by atoms with Gasteiger partial charge in [0, 0.05) is 0 Å². The number of benzene rings is 3. The van der Waals surface area contributed by atoms with Crippen LogP contribution in [0, 0.1) is 20.8 Å². The fourth-order valence-electron chi connectivity index (χ4n) is 2.98. The quantitative estimate of drug-likeness (QED) is 0.623. The van der Waals surface area contributed by atoms with Crippen molar-refractivity contribution < 1.29 is 0 Å². The summed E-state index contributed by atoms with van der Waals surface area (Å²) in [5.41, 5.74) is 6.47. The third-order valence-electron chi connectivity index (χ3n) is 4.65. The van der Waals surface area contributed by atoms with Crippen LogP contribution in [-0.4, -0.2) is 13.6 Å². The van der Waals surface area contributed by atoms with Crippen molar-refractivity contribution in [3.63, 3.8) is 0 Å². The molecule has 3 aromatic carbocycles. The average molecular weight is 363 g/mol. The zero-order valence-corrected chi connectivity index (χ0v) is 16.3. The van der Waals surface area contributed by atoms with E-state index in [1.165, 1.54) is 29.7 Å². The predicted molar refractivity (Wildman–Crippen MR) is 104 cm³/mol. The third kappa shape index (κ3) is 3.14. The Labute approximate surface area is 142 Å². The summed E-state index contributed by atoms with van der Waals surface area (Å²) in [7, 11) is 0. The maximum atomic E-state index is 2.50. The second kappa shape index (κ2) is 6.38. The van der Waals surface area contributed by atoms with Gasteiger partial charge in [0.05, 0.1) is 0 Å². The number of rotatable bonds is 3. The van der Waals surface area contributed by atoms with E-state index in [4.69, 9.17) is 0 Å². The molecular formula is C22H24As+. The Morgan fingerprint density at radius 3 is 0.870 bits per heavy atom. The molecule has 0 heterocycles. The van der Waals surface area contributed by atoms with E-state index >= 15 is 0 Å². The van der Waals surface area contributed by atoms with E-state index in [0.717, 1.165) is 0 Å². The molecule has 23 heavy (non-hydrogen) atoms. The van der Waals surface area contributed by atoms with Crippen molar-refractivity contribution >= 4 is 26.6 Å². The fourth-order valence-corrected chi connectivity index (χ4v) is 9.54. The van der Waals surface area contributed by atoms with Crippen molar-refractivity contribution in [2.45, 2.75) is 26.5 Å². The van der Waals surface area contributed by atoms with Crippen LogP contribution >= 0.6 is 0 Å². The summed E-state index contributed by atoms with van der Waals surface area (Å²) in [4.78, 5) is 0. The Morgan fingerprint density at radius 1 is 0.435 bits per heavy atom. The van der Waals surface area contributed by atoms with Crippen molar-refractivity contribution in [1.29, 1.82) is 0 Å². The zero-order chi connectivity index (χ0) is 16.4. The summed E-state index contributed by atoms with van der Waals surface area (Å²) in [5, 5.41) is 0. The Bertz CT molecular complexity index is 670. The molecule has 0 unspecified atom stereocenters. The molecule has 3 aromatic rings. The van der Waals surface area contributed by atoms with E-state index in [1.807, 2.05) is 0 Å². The Morgan fingerprint density at radius 2 is 0.652 bits per heavy atom. The van der Waals surface area contributed by atoms with Gasteiger partial charge in [-0.25, -0.2) is 0 Å². The molecule has 0 aliphatic rings. The molecule has 0 amide bonds. The molecule has 3 rings (SSSR count). The van der Waals surface area contributed by atoms with Crippen LogP contribution in [0.15, 0.2) is 72.8 Å². The summed E-state index contributed by atoms with van der Waals surface area (Å²) in [6.45, 7) is 6.47. The van der Waals surface area contributed by atoms with E-state index in [9.17, 15) is 0 Å². The second-order valence-electron chi connectivity index (χ2n) is 6.51. The SMILES string of the molecule is Cc1ccc([As+](C)(c2ccc(C)cc2)c2ccc(C)cc2)cc1. The molecule has 0 aromatic heterocycles. The molecule has 116 valence electrons. The number of hydrogen-bond acceptors (Lipinski definition) is 0. The summed E-state index contributed by atoms with van der Waals surface area (Å²) in [6, 6.07) is 27.5. The van der Waals surface area contributed by atoms with Gasteiger partial charge in [0.2, 0.25) is 0 Å². The van der Waals surface area contributed by atoms with Gasteiger partial charge >= 0.3 is 143 Å². The standard InChI is InChI=1S/C22H24As/c1-17-5-11-20(12-6-17)23(4,21-13-7-18(2)8-14-21)22-15-9-19(3)10-16-22/h5-16H,1-4H3/q+1. The predicted octanol–water partition coefficient (Wildman–Crippen LogP) is 3.71. The van der Waals surface area contributed by atoms with Gasteiger partial charge in [0.25, 0.3) is 0 Å². The third-order valence-corrected chi connectivity index (χ3v) is 13.0. The molecule has 0 bridgehead atoms. The van der Waals surface area contributed by atoms with Crippen LogP contribution in [0.5, 0.6) is 0 Å². The molecule has 0 radical (unpaired) electrons. The van der Waals surface area contributed by atoms with E-state index < -0.39 is 13.6 Å². The molecule has 0 fully saturated rings. The van der Waals surface area contributed by atoms with Crippen LogP contribution in [0.2, 0.25) is 5.71 Å². The summed E-state index contributed by atoms with van der Waals surface area (Å²) in [5.74, 6) is 0. The van der Waals surface area contributed by atoms with Crippen LogP contribution < -0.4 is 13.1 Å². The van der Waals surface area contributed by atoms with Gasteiger partial charge in [-0.1, -0.05) is 0 Å². The van der Waals surface area contributed by atoms with Crippen LogP contribution in [0.25, 0.3) is 0 Å². The number of aryl methyl sites for hydroxylation is 3. The molecule has 0 spiro atoms. The molecule has 0 atom stereocenters. The van der Waals surface area contributed by atoms with E-state index in [-0.39, 0.29) is 0 Å². The van der Waals surface area contributed by atoms with E-state index in [1.54, 1.807) is 0 Å². The average Bonchev–Trinajstić information content (AvgIpc) is 2.56. The van der Waals surface area contributed by atoms with Gasteiger partial charge in [-0.3, -0.25) is 0 Å². The topological polar surface area (TPSA) is 0 Å². The van der Waals surface area contributed by atoms with Gasteiger partial charge in [0.1, 0.15) is 0 Å². The first-order chi connectivity index (χ1) is 11.0. The fraction of sp³-hybridized carbons (Fsp3) is 0.182. The first-order valence-corrected chi connectivity index (χ1v) is 12.8. The van der Waals surface area contributed by atoms with Crippen LogP contribution in [-0.2, 0) is 0 Å². The summed E-state index contributed by atoms with van der Waals surface area (Å²) < 4.78 is 4.50. The molecule has 0 saturated carbocycles.